The SMILES string of the molecule is COc1cc(O)ccc1[C@@H](N)[C@@H](O)C(C)(C)C. The minimum absolute atomic E-state index is 0.114. The van der Waals surface area contributed by atoms with Crippen molar-refractivity contribution >= 4 is 0 Å². The molecule has 0 aliphatic heterocycles. The van der Waals surface area contributed by atoms with E-state index in [-0.39, 0.29) is 11.2 Å². The standard InChI is InChI=1S/C13H21NO3/c1-13(2,3)12(16)11(14)9-6-5-8(15)7-10(9)17-4/h5-7,11-12,15-16H,14H2,1-4H3/t11-,12-/m1/s1. The molecule has 4 N–H and O–H groups in total. The average Bonchev–Trinajstić information content (AvgIpc) is 2.25. The summed E-state index contributed by atoms with van der Waals surface area (Å²) >= 11 is 0. The van der Waals surface area contributed by atoms with Crippen LogP contribution in [0.25, 0.3) is 0 Å². The first-order valence-corrected chi connectivity index (χ1v) is 5.58. The second kappa shape index (κ2) is 4.94. The van der Waals surface area contributed by atoms with Crippen molar-refractivity contribution in [3.63, 3.8) is 0 Å². The Morgan fingerprint density at radius 3 is 2.35 bits per heavy atom. The lowest BCUT2D eigenvalue weighted by Crippen LogP contribution is -2.37. The molecule has 0 saturated carbocycles. The highest BCUT2D eigenvalue weighted by molar-refractivity contribution is 5.42. The number of methoxy groups -OCH3 is 1. The molecule has 0 fully saturated rings. The number of nitrogens with two attached hydrogens (primary N) is 1. The van der Waals surface area contributed by atoms with Gasteiger partial charge in [-0.1, -0.05) is 20.8 Å². The van der Waals surface area contributed by atoms with E-state index in [0.717, 1.165) is 0 Å². The van der Waals surface area contributed by atoms with Gasteiger partial charge in [0.05, 0.1) is 19.3 Å². The number of aromatic hydroxyl groups is 1. The Hall–Kier alpha value is -1.26. The zero-order chi connectivity index (χ0) is 13.2. The van der Waals surface area contributed by atoms with Gasteiger partial charge in [0.25, 0.3) is 0 Å². The molecule has 1 rings (SSSR count). The van der Waals surface area contributed by atoms with Crippen molar-refractivity contribution in [1.29, 1.82) is 0 Å². The number of benzene rings is 1. The summed E-state index contributed by atoms with van der Waals surface area (Å²) < 4.78 is 5.16. The molecule has 4 heteroatoms. The van der Waals surface area contributed by atoms with Crippen LogP contribution >= 0.6 is 0 Å². The second-order valence-corrected chi connectivity index (χ2v) is 5.26. The molecule has 0 spiro atoms. The van der Waals surface area contributed by atoms with Gasteiger partial charge in [-0.25, -0.2) is 0 Å². The van der Waals surface area contributed by atoms with Crippen LogP contribution in [0.5, 0.6) is 11.5 Å². The van der Waals surface area contributed by atoms with E-state index in [4.69, 9.17) is 10.5 Å². The zero-order valence-corrected chi connectivity index (χ0v) is 10.8. The van der Waals surface area contributed by atoms with Crippen molar-refractivity contribution < 1.29 is 14.9 Å². The molecule has 0 amide bonds. The van der Waals surface area contributed by atoms with Crippen molar-refractivity contribution in [2.45, 2.75) is 32.9 Å². The molecule has 0 aromatic heterocycles. The van der Waals surface area contributed by atoms with Crippen molar-refractivity contribution in [3.8, 4) is 11.5 Å². The van der Waals surface area contributed by atoms with E-state index < -0.39 is 12.1 Å². The fourth-order valence-electron chi connectivity index (χ4n) is 1.68. The molecule has 96 valence electrons. The van der Waals surface area contributed by atoms with Gasteiger partial charge in [-0.15, -0.1) is 0 Å². The van der Waals surface area contributed by atoms with Gasteiger partial charge in [-0.3, -0.25) is 0 Å². The number of aliphatic hydroxyl groups excluding tert-OH is 1. The molecule has 1 aromatic rings. The maximum absolute atomic E-state index is 10.2. The lowest BCUT2D eigenvalue weighted by atomic mass is 9.82. The van der Waals surface area contributed by atoms with E-state index in [1.54, 1.807) is 6.07 Å². The fraction of sp³-hybridized carbons (Fsp3) is 0.538. The third-order valence-corrected chi connectivity index (χ3v) is 2.80. The summed E-state index contributed by atoms with van der Waals surface area (Å²) in [5, 5.41) is 19.5. The van der Waals surface area contributed by atoms with Gasteiger partial charge in [-0.05, 0) is 17.5 Å². The molecule has 4 nitrogen and oxygen atoms in total. The maximum Gasteiger partial charge on any atom is 0.127 e. The first kappa shape index (κ1) is 13.8. The predicted octanol–water partition coefficient (Wildman–Crippen LogP) is 1.81. The highest BCUT2D eigenvalue weighted by Crippen LogP contribution is 2.34. The highest BCUT2D eigenvalue weighted by Gasteiger charge is 2.30. The zero-order valence-electron chi connectivity index (χ0n) is 10.8. The molecular formula is C13H21NO3. The number of aliphatic hydroxyl groups is 1. The lowest BCUT2D eigenvalue weighted by Gasteiger charge is -2.31. The molecule has 17 heavy (non-hydrogen) atoms. The maximum atomic E-state index is 10.2. The van der Waals surface area contributed by atoms with E-state index in [1.807, 2.05) is 20.8 Å². The number of rotatable bonds is 3. The van der Waals surface area contributed by atoms with Crippen molar-refractivity contribution in [2.75, 3.05) is 7.11 Å². The Labute approximate surface area is 102 Å². The summed E-state index contributed by atoms with van der Waals surface area (Å²) in [7, 11) is 1.51. The van der Waals surface area contributed by atoms with Gasteiger partial charge in [0, 0.05) is 11.6 Å². The fourth-order valence-corrected chi connectivity index (χ4v) is 1.68. The van der Waals surface area contributed by atoms with Gasteiger partial charge in [0.1, 0.15) is 11.5 Å². The molecule has 0 unspecified atom stereocenters. The highest BCUT2D eigenvalue weighted by atomic mass is 16.5. The van der Waals surface area contributed by atoms with Gasteiger partial charge >= 0.3 is 0 Å². The third kappa shape index (κ3) is 3.11. The molecule has 0 radical (unpaired) electrons. The number of hydrogen-bond donors (Lipinski definition) is 3. The second-order valence-electron chi connectivity index (χ2n) is 5.26. The molecule has 0 bridgehead atoms. The quantitative estimate of drug-likeness (QED) is 0.752. The summed E-state index contributed by atoms with van der Waals surface area (Å²) in [4.78, 5) is 0. The van der Waals surface area contributed by atoms with Crippen LogP contribution in [0.4, 0.5) is 0 Å². The van der Waals surface area contributed by atoms with Crippen molar-refractivity contribution in [2.24, 2.45) is 11.1 Å². The largest absolute Gasteiger partial charge is 0.508 e. The van der Waals surface area contributed by atoms with Gasteiger partial charge < -0.3 is 20.7 Å². The number of ether oxygens (including phenoxy) is 1. The minimum Gasteiger partial charge on any atom is -0.508 e. The van der Waals surface area contributed by atoms with Gasteiger partial charge in [0.15, 0.2) is 0 Å². The van der Waals surface area contributed by atoms with Crippen LogP contribution in [0.2, 0.25) is 0 Å². The van der Waals surface area contributed by atoms with Crippen LogP contribution in [0.1, 0.15) is 32.4 Å². The smallest absolute Gasteiger partial charge is 0.127 e. The summed E-state index contributed by atoms with van der Waals surface area (Å²) in [5.41, 5.74) is 6.41. The molecule has 2 atom stereocenters. The van der Waals surface area contributed by atoms with Crippen LogP contribution < -0.4 is 10.5 Å². The van der Waals surface area contributed by atoms with Crippen LogP contribution in [-0.2, 0) is 0 Å². The predicted molar refractivity (Wildman–Crippen MR) is 67.0 cm³/mol. The molecule has 0 heterocycles. The molecule has 0 aliphatic rings. The Bertz CT molecular complexity index is 385. The van der Waals surface area contributed by atoms with E-state index in [1.165, 1.54) is 19.2 Å². The summed E-state index contributed by atoms with van der Waals surface area (Å²) in [6.07, 6.45) is -0.694. The van der Waals surface area contributed by atoms with Crippen molar-refractivity contribution in [1.82, 2.24) is 0 Å². The van der Waals surface area contributed by atoms with Crippen LogP contribution in [-0.4, -0.2) is 23.4 Å². The number of phenolic OH excluding ortho intramolecular Hbond substituents is 1. The Morgan fingerprint density at radius 2 is 1.88 bits per heavy atom. The van der Waals surface area contributed by atoms with Crippen molar-refractivity contribution in [3.05, 3.63) is 23.8 Å². The van der Waals surface area contributed by atoms with Crippen LogP contribution in [0.3, 0.4) is 0 Å². The normalized spacial score (nSPS) is 15.4. The Morgan fingerprint density at radius 1 is 1.29 bits per heavy atom. The summed E-state index contributed by atoms with van der Waals surface area (Å²) in [6.45, 7) is 5.76. The van der Waals surface area contributed by atoms with Gasteiger partial charge in [0.2, 0.25) is 0 Å². The van der Waals surface area contributed by atoms with E-state index >= 15 is 0 Å². The molecule has 0 saturated heterocycles. The van der Waals surface area contributed by atoms with Gasteiger partial charge in [-0.2, -0.15) is 0 Å². The third-order valence-electron chi connectivity index (χ3n) is 2.80. The van der Waals surface area contributed by atoms with Crippen LogP contribution in [0.15, 0.2) is 18.2 Å². The first-order valence-electron chi connectivity index (χ1n) is 5.58. The monoisotopic (exact) mass is 239 g/mol. The van der Waals surface area contributed by atoms with E-state index in [0.29, 0.717) is 11.3 Å². The first-order chi connectivity index (χ1) is 7.77. The number of hydrogen-bond acceptors (Lipinski definition) is 4. The number of phenols is 1. The lowest BCUT2D eigenvalue weighted by molar-refractivity contribution is 0.0394. The molecular weight excluding hydrogens is 218 g/mol. The van der Waals surface area contributed by atoms with E-state index in [9.17, 15) is 10.2 Å². The summed E-state index contributed by atoms with van der Waals surface area (Å²) in [6, 6.07) is 4.15. The van der Waals surface area contributed by atoms with Crippen LogP contribution in [0, 0.1) is 5.41 Å². The minimum atomic E-state index is -0.694. The molecule has 1 aromatic carbocycles. The average molecular weight is 239 g/mol. The summed E-state index contributed by atoms with van der Waals surface area (Å²) in [5.74, 6) is 0.601. The molecule has 0 aliphatic carbocycles. The van der Waals surface area contributed by atoms with E-state index in [2.05, 4.69) is 0 Å². The topological polar surface area (TPSA) is 75.7 Å². The Kier molecular flexibility index (Phi) is 4.01. The Balaban J connectivity index is 3.08.